The maximum Gasteiger partial charge on any atom is 0.0540 e. The normalized spacial score (nSPS) is 14.1. The number of rotatable bonds is 7. The van der Waals surface area contributed by atoms with Crippen molar-refractivity contribution in [3.63, 3.8) is 0 Å². The molecule has 0 fully saturated rings. The Balaban J connectivity index is 0.905. The Morgan fingerprint density at radius 2 is 0.831 bits per heavy atom. The Morgan fingerprint density at radius 3 is 1.51 bits per heavy atom. The van der Waals surface area contributed by atoms with Crippen molar-refractivity contribution in [2.75, 3.05) is 9.80 Å². The Kier molecular flexibility index (Phi) is 9.25. The number of hydrogen-bond donors (Lipinski definition) is 0. The summed E-state index contributed by atoms with van der Waals surface area (Å²) in [6.45, 7) is 9.47. The van der Waals surface area contributed by atoms with Crippen LogP contribution in [-0.4, -0.2) is 0 Å². The number of hydrogen-bond acceptors (Lipinski definition) is 3. The highest BCUT2D eigenvalue weighted by atomic mass is 32.2. The predicted octanol–water partition coefficient (Wildman–Crippen LogP) is 19.3. The van der Waals surface area contributed by atoms with Gasteiger partial charge in [0.05, 0.1) is 5.69 Å². The van der Waals surface area contributed by atoms with Gasteiger partial charge in [0.25, 0.3) is 0 Å². The third-order valence-corrected chi connectivity index (χ3v) is 16.9. The highest BCUT2D eigenvalue weighted by molar-refractivity contribution is 7.99. The maximum absolute atomic E-state index is 2.49. The van der Waals surface area contributed by atoms with E-state index in [4.69, 9.17) is 0 Å². The quantitative estimate of drug-likeness (QED) is 0.147. The summed E-state index contributed by atoms with van der Waals surface area (Å²) in [5.41, 5.74) is 22.4. The average Bonchev–Trinajstić information content (AvgIpc) is 3.78. The molecule has 1 heterocycles. The number of fused-ring (bicyclic) bond motifs is 10. The molecule has 0 saturated heterocycles. The van der Waals surface area contributed by atoms with Crippen LogP contribution >= 0.6 is 11.8 Å². The zero-order valence-corrected chi connectivity index (χ0v) is 41.1. The van der Waals surface area contributed by atoms with Crippen molar-refractivity contribution in [2.24, 2.45) is 0 Å². The largest absolute Gasteiger partial charge is 0.310 e. The summed E-state index contributed by atoms with van der Waals surface area (Å²) in [5.74, 6) is 0. The zero-order chi connectivity index (χ0) is 47.6. The third-order valence-electron chi connectivity index (χ3n) is 15.8. The minimum absolute atomic E-state index is 0.0983. The monoisotopic (exact) mass is 926 g/mol. The molecular formula is C68H50N2S. The van der Waals surface area contributed by atoms with Gasteiger partial charge in [0, 0.05) is 60.0 Å². The van der Waals surface area contributed by atoms with Crippen LogP contribution in [0.5, 0.6) is 0 Å². The first-order chi connectivity index (χ1) is 34.7. The van der Waals surface area contributed by atoms with Crippen LogP contribution in [0.4, 0.5) is 34.1 Å². The molecule has 0 atom stereocenters. The SMILES string of the molecule is CC1(C)c2ccccc2-c2ccc(N(c3ccccc3)c3ccc4c(c3)Sc3cccc5c3c-4cc3ccc(N(c4ccc6c(c4)C(C)(C)c4ccccc4-6)c4ccccc4-c4ccccc4)cc35)cc21. The second-order valence-corrected chi connectivity index (χ2v) is 21.6. The zero-order valence-electron chi connectivity index (χ0n) is 40.2. The van der Waals surface area contributed by atoms with Gasteiger partial charge in [0.2, 0.25) is 0 Å². The van der Waals surface area contributed by atoms with Gasteiger partial charge < -0.3 is 9.80 Å². The molecule has 1 aliphatic heterocycles. The van der Waals surface area contributed by atoms with Gasteiger partial charge in [-0.2, -0.15) is 0 Å². The Labute approximate surface area is 420 Å². The summed E-state index contributed by atoms with van der Waals surface area (Å²) >= 11 is 1.89. The molecule has 11 aromatic rings. The van der Waals surface area contributed by atoms with Crippen molar-refractivity contribution in [2.45, 2.75) is 48.3 Å². The van der Waals surface area contributed by atoms with E-state index in [1.807, 2.05) is 11.8 Å². The van der Waals surface area contributed by atoms with Gasteiger partial charge >= 0.3 is 0 Å². The second-order valence-electron chi connectivity index (χ2n) is 20.5. The van der Waals surface area contributed by atoms with E-state index < -0.39 is 0 Å². The molecule has 0 aromatic heterocycles. The lowest BCUT2D eigenvalue weighted by molar-refractivity contribution is 0.660. The number of nitrogens with zero attached hydrogens (tertiary/aromatic N) is 2. The molecular weight excluding hydrogens is 877 g/mol. The van der Waals surface area contributed by atoms with E-state index in [2.05, 4.69) is 268 Å². The second kappa shape index (κ2) is 15.7. The summed E-state index contributed by atoms with van der Waals surface area (Å²) in [6.07, 6.45) is 0. The molecule has 3 aliphatic rings. The van der Waals surface area contributed by atoms with Crippen molar-refractivity contribution >= 4 is 67.4 Å². The lowest BCUT2D eigenvalue weighted by Gasteiger charge is -2.30. The summed E-state index contributed by atoms with van der Waals surface area (Å²) in [7, 11) is 0. The van der Waals surface area contributed by atoms with E-state index in [9.17, 15) is 0 Å². The molecule has 0 radical (unpaired) electrons. The van der Waals surface area contributed by atoms with Gasteiger partial charge in [0.15, 0.2) is 0 Å². The summed E-state index contributed by atoms with van der Waals surface area (Å²) in [4.78, 5) is 7.46. The minimum atomic E-state index is -0.132. The van der Waals surface area contributed by atoms with E-state index in [-0.39, 0.29) is 10.8 Å². The molecule has 0 spiro atoms. The molecule has 338 valence electrons. The smallest absolute Gasteiger partial charge is 0.0540 e. The summed E-state index contributed by atoms with van der Waals surface area (Å²) in [6, 6.07) is 86.1. The van der Waals surface area contributed by atoms with E-state index in [1.165, 1.54) is 98.1 Å². The van der Waals surface area contributed by atoms with Crippen molar-refractivity contribution in [1.82, 2.24) is 0 Å². The van der Waals surface area contributed by atoms with Gasteiger partial charge in [-0.25, -0.2) is 0 Å². The molecule has 0 N–H and O–H groups in total. The fraction of sp³-hybridized carbons (Fsp3) is 0.0882. The van der Waals surface area contributed by atoms with Gasteiger partial charge in [-0.15, -0.1) is 0 Å². The molecule has 0 amide bonds. The average molecular weight is 927 g/mol. The standard InChI is InChI=1S/C68H50N2S/c1-67(2)59-26-14-11-23-51(59)53-35-32-47(40-61(53)67)69(45-20-9-6-10-21-45)49-34-37-55-58-38-44-30-31-46(39-57(44)56-25-17-29-64(66(56)58)71-65(55)42-49)70(63-28-16-13-22-50(63)43-18-7-5-8-19-43)48-33-36-54-52-24-12-15-27-60(52)68(3,4)62(54)41-48/h5-42H,1-4H3. The fourth-order valence-corrected chi connectivity index (χ4v) is 13.5. The number of anilines is 6. The van der Waals surface area contributed by atoms with Crippen LogP contribution < -0.4 is 9.80 Å². The fourth-order valence-electron chi connectivity index (χ4n) is 12.3. The first-order valence-corrected chi connectivity index (χ1v) is 25.6. The van der Waals surface area contributed by atoms with Crippen molar-refractivity contribution in [1.29, 1.82) is 0 Å². The Morgan fingerprint density at radius 1 is 0.310 bits per heavy atom. The first kappa shape index (κ1) is 41.8. The molecule has 0 unspecified atom stereocenters. The van der Waals surface area contributed by atoms with Crippen molar-refractivity contribution in [3.05, 3.63) is 253 Å². The van der Waals surface area contributed by atoms with Crippen molar-refractivity contribution in [3.8, 4) is 44.5 Å². The molecule has 2 nitrogen and oxygen atoms in total. The molecule has 2 aliphatic carbocycles. The molecule has 71 heavy (non-hydrogen) atoms. The number of para-hydroxylation sites is 2. The Bertz CT molecular complexity index is 3980. The summed E-state index contributed by atoms with van der Waals surface area (Å²) < 4.78 is 0. The molecule has 11 aromatic carbocycles. The van der Waals surface area contributed by atoms with Gasteiger partial charge in [0.1, 0.15) is 0 Å². The Hall–Kier alpha value is -8.11. The minimum Gasteiger partial charge on any atom is -0.310 e. The van der Waals surface area contributed by atoms with E-state index in [1.54, 1.807) is 0 Å². The van der Waals surface area contributed by atoms with Crippen LogP contribution in [-0.2, 0) is 10.8 Å². The molecule has 0 saturated carbocycles. The van der Waals surface area contributed by atoms with Crippen LogP contribution in [0.15, 0.2) is 240 Å². The van der Waals surface area contributed by atoms with Crippen LogP contribution in [0, 0.1) is 0 Å². The van der Waals surface area contributed by atoms with E-state index in [0.717, 1.165) is 34.1 Å². The van der Waals surface area contributed by atoms with Gasteiger partial charge in [-0.05, 0) is 156 Å². The molecule has 3 heteroatoms. The topological polar surface area (TPSA) is 6.48 Å². The van der Waals surface area contributed by atoms with Crippen LogP contribution in [0.2, 0.25) is 0 Å². The highest BCUT2D eigenvalue weighted by Crippen LogP contribution is 2.55. The van der Waals surface area contributed by atoms with Crippen molar-refractivity contribution < 1.29 is 0 Å². The predicted molar refractivity (Wildman–Crippen MR) is 301 cm³/mol. The lowest BCUT2D eigenvalue weighted by atomic mass is 9.82. The van der Waals surface area contributed by atoms with E-state index in [0.29, 0.717) is 0 Å². The molecule has 14 rings (SSSR count). The van der Waals surface area contributed by atoms with Crippen LogP contribution in [0.25, 0.3) is 66.1 Å². The number of benzene rings is 11. The lowest BCUT2D eigenvalue weighted by Crippen LogP contribution is -2.17. The van der Waals surface area contributed by atoms with Crippen LogP contribution in [0.1, 0.15) is 49.9 Å². The van der Waals surface area contributed by atoms with Gasteiger partial charge in [-0.1, -0.05) is 191 Å². The first-order valence-electron chi connectivity index (χ1n) is 24.8. The maximum atomic E-state index is 2.49. The van der Waals surface area contributed by atoms with E-state index >= 15 is 0 Å². The highest BCUT2D eigenvalue weighted by Gasteiger charge is 2.37. The van der Waals surface area contributed by atoms with Crippen LogP contribution in [0.3, 0.4) is 0 Å². The van der Waals surface area contributed by atoms with Gasteiger partial charge in [-0.3, -0.25) is 0 Å². The third kappa shape index (κ3) is 6.36. The molecule has 0 bridgehead atoms. The summed E-state index contributed by atoms with van der Waals surface area (Å²) in [5, 5.41) is 5.06.